The van der Waals surface area contributed by atoms with Crippen LogP contribution >= 0.6 is 0 Å². The molecule has 1 heterocycles. The van der Waals surface area contributed by atoms with Crippen molar-refractivity contribution in [3.63, 3.8) is 0 Å². The number of aliphatic hydroxyl groups is 1. The van der Waals surface area contributed by atoms with E-state index in [1.54, 1.807) is 36.1 Å². The molecule has 1 aromatic heterocycles. The van der Waals surface area contributed by atoms with Gasteiger partial charge in [-0.2, -0.15) is 5.10 Å². The third kappa shape index (κ3) is 5.39. The van der Waals surface area contributed by atoms with E-state index in [1.165, 1.54) is 24.8 Å². The van der Waals surface area contributed by atoms with E-state index in [-0.39, 0.29) is 17.8 Å². The van der Waals surface area contributed by atoms with Gasteiger partial charge in [0.2, 0.25) is 0 Å². The average molecular weight is 416 g/mol. The van der Waals surface area contributed by atoms with Crippen molar-refractivity contribution in [3.8, 4) is 0 Å². The summed E-state index contributed by atoms with van der Waals surface area (Å²) in [6, 6.07) is 6.94. The Kier molecular flexibility index (Phi) is 7.13. The molecule has 2 aromatic rings. The summed E-state index contributed by atoms with van der Waals surface area (Å²) in [5.41, 5.74) is 0.776. The maximum absolute atomic E-state index is 13.5. The summed E-state index contributed by atoms with van der Waals surface area (Å²) in [7, 11) is 1.83. The first-order valence-electron chi connectivity index (χ1n) is 10.8. The van der Waals surface area contributed by atoms with Gasteiger partial charge in [0, 0.05) is 37.3 Å². The van der Waals surface area contributed by atoms with E-state index in [1.807, 2.05) is 26.1 Å². The molecular formula is C23H34FN5O. The summed E-state index contributed by atoms with van der Waals surface area (Å²) in [5, 5.41) is 21.7. The zero-order valence-corrected chi connectivity index (χ0v) is 18.3. The number of hydrogen-bond acceptors (Lipinski definition) is 3. The topological polar surface area (TPSA) is 74.5 Å². The lowest BCUT2D eigenvalue weighted by Gasteiger charge is -2.38. The molecule has 1 unspecified atom stereocenters. The summed E-state index contributed by atoms with van der Waals surface area (Å²) < 4.78 is 15.1. The quantitative estimate of drug-likeness (QED) is 0.480. The maximum Gasteiger partial charge on any atom is 0.191 e. The molecule has 1 aromatic carbocycles. The van der Waals surface area contributed by atoms with Crippen LogP contribution in [0, 0.1) is 5.82 Å². The van der Waals surface area contributed by atoms with E-state index in [0.717, 1.165) is 31.5 Å². The number of aryl methyl sites for hydroxylation is 1. The molecule has 164 valence electrons. The molecule has 1 fully saturated rings. The van der Waals surface area contributed by atoms with Crippen LogP contribution in [0.5, 0.6) is 0 Å². The third-order valence-electron chi connectivity index (χ3n) is 6.08. The van der Waals surface area contributed by atoms with E-state index >= 15 is 0 Å². The fourth-order valence-electron chi connectivity index (χ4n) is 4.22. The van der Waals surface area contributed by atoms with Gasteiger partial charge in [-0.05, 0) is 44.4 Å². The second kappa shape index (κ2) is 9.60. The van der Waals surface area contributed by atoms with E-state index < -0.39 is 5.60 Å². The van der Waals surface area contributed by atoms with E-state index in [2.05, 4.69) is 20.7 Å². The number of nitrogens with one attached hydrogen (secondary N) is 2. The Labute approximate surface area is 178 Å². The summed E-state index contributed by atoms with van der Waals surface area (Å²) >= 11 is 0. The normalized spacial score (nSPS) is 18.6. The minimum Gasteiger partial charge on any atom is -0.383 e. The number of nitrogens with zero attached hydrogens (tertiary/aromatic N) is 3. The maximum atomic E-state index is 13.5. The Balaban J connectivity index is 1.74. The Morgan fingerprint density at radius 3 is 2.53 bits per heavy atom. The molecule has 3 rings (SSSR count). The molecule has 1 atom stereocenters. The molecule has 3 N–H and O–H groups in total. The molecule has 7 heteroatoms. The van der Waals surface area contributed by atoms with Crippen molar-refractivity contribution in [2.24, 2.45) is 12.0 Å². The fourth-order valence-corrected chi connectivity index (χ4v) is 4.22. The van der Waals surface area contributed by atoms with Crippen LogP contribution in [0.25, 0.3) is 0 Å². The summed E-state index contributed by atoms with van der Waals surface area (Å²) in [4.78, 5) is 4.64. The van der Waals surface area contributed by atoms with E-state index in [4.69, 9.17) is 0 Å². The number of hydrogen-bond donors (Lipinski definition) is 3. The van der Waals surface area contributed by atoms with Crippen molar-refractivity contribution in [2.75, 3.05) is 19.6 Å². The summed E-state index contributed by atoms with van der Waals surface area (Å²) in [5.74, 6) is 0.471. The van der Waals surface area contributed by atoms with Crippen LogP contribution in [-0.2, 0) is 18.1 Å². The van der Waals surface area contributed by atoms with Crippen molar-refractivity contribution < 1.29 is 9.50 Å². The molecule has 0 spiro atoms. The first-order valence-corrected chi connectivity index (χ1v) is 10.8. The molecule has 6 nitrogen and oxygen atoms in total. The Bertz CT molecular complexity index is 838. The van der Waals surface area contributed by atoms with Crippen LogP contribution in [0.3, 0.4) is 0 Å². The molecule has 0 radical (unpaired) electrons. The molecule has 1 aliphatic carbocycles. The van der Waals surface area contributed by atoms with Crippen molar-refractivity contribution >= 4 is 5.96 Å². The van der Waals surface area contributed by atoms with Crippen molar-refractivity contribution in [1.82, 2.24) is 20.4 Å². The zero-order valence-electron chi connectivity index (χ0n) is 18.3. The highest BCUT2D eigenvalue weighted by Gasteiger charge is 2.34. The number of benzene rings is 1. The standard InChI is InChI=1S/C23H34FN5O/c1-4-25-21(26-16-22(2,30)19-14-28-29(3)15-19)27-17-23(12-6-5-7-13-23)18-8-10-20(24)11-9-18/h8-11,14-15,30H,4-7,12-13,16-17H2,1-3H3,(H2,25,26,27). The van der Waals surface area contributed by atoms with Gasteiger partial charge >= 0.3 is 0 Å². The van der Waals surface area contributed by atoms with Gasteiger partial charge in [-0.15, -0.1) is 0 Å². The van der Waals surface area contributed by atoms with Crippen molar-refractivity contribution in [3.05, 3.63) is 53.6 Å². The van der Waals surface area contributed by atoms with Crippen LogP contribution in [0.15, 0.2) is 41.7 Å². The van der Waals surface area contributed by atoms with Gasteiger partial charge in [0.1, 0.15) is 11.4 Å². The highest BCUT2D eigenvalue weighted by Crippen LogP contribution is 2.39. The molecule has 0 saturated heterocycles. The Morgan fingerprint density at radius 1 is 1.23 bits per heavy atom. The summed E-state index contributed by atoms with van der Waals surface area (Å²) in [6.07, 6.45) is 9.19. The molecule has 0 aliphatic heterocycles. The number of aromatic nitrogens is 2. The molecular weight excluding hydrogens is 381 g/mol. The second-order valence-corrected chi connectivity index (χ2v) is 8.57. The van der Waals surface area contributed by atoms with Gasteiger partial charge in [0.05, 0.1) is 12.7 Å². The lowest BCUT2D eigenvalue weighted by molar-refractivity contribution is 0.0671. The van der Waals surface area contributed by atoms with Gasteiger partial charge in [0.15, 0.2) is 5.96 Å². The first kappa shape index (κ1) is 22.3. The number of halogens is 1. The van der Waals surface area contributed by atoms with Gasteiger partial charge in [-0.3, -0.25) is 4.68 Å². The van der Waals surface area contributed by atoms with Gasteiger partial charge in [-0.25, -0.2) is 9.38 Å². The highest BCUT2D eigenvalue weighted by molar-refractivity contribution is 5.80. The van der Waals surface area contributed by atoms with Crippen molar-refractivity contribution in [2.45, 2.75) is 57.0 Å². The van der Waals surface area contributed by atoms with Crippen LogP contribution in [0.4, 0.5) is 4.39 Å². The lowest BCUT2D eigenvalue weighted by atomic mass is 9.69. The van der Waals surface area contributed by atoms with Gasteiger partial charge in [0.25, 0.3) is 0 Å². The number of guanidine groups is 1. The van der Waals surface area contributed by atoms with Gasteiger partial charge in [-0.1, -0.05) is 31.4 Å². The fraction of sp³-hybridized carbons (Fsp3) is 0.565. The average Bonchev–Trinajstić information content (AvgIpc) is 3.19. The largest absolute Gasteiger partial charge is 0.383 e. The van der Waals surface area contributed by atoms with Crippen LogP contribution in [0.2, 0.25) is 0 Å². The monoisotopic (exact) mass is 415 g/mol. The number of rotatable bonds is 7. The van der Waals surface area contributed by atoms with Crippen LogP contribution < -0.4 is 10.6 Å². The predicted octanol–water partition coefficient (Wildman–Crippen LogP) is 3.22. The zero-order chi connectivity index (χ0) is 21.6. The molecule has 0 amide bonds. The molecule has 0 bridgehead atoms. The lowest BCUT2D eigenvalue weighted by Crippen LogP contribution is -2.47. The molecule has 30 heavy (non-hydrogen) atoms. The van der Waals surface area contributed by atoms with Crippen LogP contribution in [0.1, 0.15) is 57.1 Å². The van der Waals surface area contributed by atoms with Crippen LogP contribution in [-0.4, -0.2) is 40.5 Å². The second-order valence-electron chi connectivity index (χ2n) is 8.57. The van der Waals surface area contributed by atoms with Gasteiger partial charge < -0.3 is 15.7 Å². The van der Waals surface area contributed by atoms with Crippen molar-refractivity contribution in [1.29, 1.82) is 0 Å². The third-order valence-corrected chi connectivity index (χ3v) is 6.08. The highest BCUT2D eigenvalue weighted by atomic mass is 19.1. The Hall–Kier alpha value is -2.41. The minimum atomic E-state index is -1.10. The first-order chi connectivity index (χ1) is 14.3. The minimum absolute atomic E-state index is 0.0337. The SMILES string of the molecule is CCNC(=NCC(C)(O)c1cnn(C)c1)NCC1(c2ccc(F)cc2)CCCCC1. The van der Waals surface area contributed by atoms with E-state index in [9.17, 15) is 9.50 Å². The Morgan fingerprint density at radius 2 is 1.93 bits per heavy atom. The predicted molar refractivity (Wildman–Crippen MR) is 118 cm³/mol. The summed E-state index contributed by atoms with van der Waals surface area (Å²) in [6.45, 7) is 5.44. The smallest absolute Gasteiger partial charge is 0.191 e. The molecule has 1 saturated carbocycles. The number of aliphatic imine (C=N–C) groups is 1. The molecule has 1 aliphatic rings. The van der Waals surface area contributed by atoms with E-state index in [0.29, 0.717) is 5.96 Å².